The highest BCUT2D eigenvalue weighted by Gasteiger charge is 2.41. The second kappa shape index (κ2) is 6.63. The Morgan fingerprint density at radius 2 is 2.10 bits per heavy atom. The number of anilines is 1. The second-order valence-electron chi connectivity index (χ2n) is 7.15. The van der Waals surface area contributed by atoms with E-state index in [0.717, 1.165) is 12.8 Å². The Bertz CT molecular complexity index is 1060. The Morgan fingerprint density at radius 1 is 1.34 bits per heavy atom. The van der Waals surface area contributed by atoms with Gasteiger partial charge in [-0.3, -0.25) is 4.79 Å². The van der Waals surface area contributed by atoms with Crippen LogP contribution in [0.15, 0.2) is 28.1 Å². The predicted molar refractivity (Wildman–Crippen MR) is 102 cm³/mol. The number of oxazole rings is 1. The molecule has 2 unspecified atom stereocenters. The van der Waals surface area contributed by atoms with Crippen molar-refractivity contribution in [3.63, 3.8) is 0 Å². The minimum Gasteiger partial charge on any atom is -0.421 e. The van der Waals surface area contributed by atoms with Gasteiger partial charge in [-0.1, -0.05) is 0 Å². The summed E-state index contributed by atoms with van der Waals surface area (Å²) in [7, 11) is 0. The van der Waals surface area contributed by atoms with Gasteiger partial charge in [0.15, 0.2) is 11.3 Å². The van der Waals surface area contributed by atoms with Crippen LogP contribution in [0.25, 0.3) is 21.7 Å². The summed E-state index contributed by atoms with van der Waals surface area (Å²) in [5.74, 6) is -2.19. The number of aromatic nitrogens is 2. The maximum Gasteiger partial charge on any atom is 0.482 e. The molecule has 2 aliphatic heterocycles. The Kier molecular flexibility index (Phi) is 4.17. The molecule has 5 rings (SSSR count). The van der Waals surface area contributed by atoms with Gasteiger partial charge in [0, 0.05) is 42.3 Å². The van der Waals surface area contributed by atoms with Gasteiger partial charge in [-0.15, -0.1) is 11.3 Å². The summed E-state index contributed by atoms with van der Waals surface area (Å²) in [6, 6.07) is 3.90. The summed E-state index contributed by atoms with van der Waals surface area (Å²) >= 11 is 1.39. The van der Waals surface area contributed by atoms with Crippen LogP contribution >= 0.6 is 11.3 Å². The van der Waals surface area contributed by atoms with Crippen LogP contribution in [0.1, 0.15) is 12.8 Å². The zero-order valence-corrected chi connectivity index (χ0v) is 15.9. The molecule has 8 nitrogen and oxygen atoms in total. The summed E-state index contributed by atoms with van der Waals surface area (Å²) < 4.78 is 38.1. The Hall–Kier alpha value is -2.79. The summed E-state index contributed by atoms with van der Waals surface area (Å²) in [6.07, 6.45) is -0.376. The number of halogens is 2. The Balaban J connectivity index is 1.60. The van der Waals surface area contributed by atoms with Gasteiger partial charge >= 0.3 is 12.0 Å². The molecule has 0 spiro atoms. The van der Waals surface area contributed by atoms with E-state index in [1.807, 2.05) is 10.3 Å². The largest absolute Gasteiger partial charge is 0.482 e. The highest BCUT2D eigenvalue weighted by Crippen LogP contribution is 2.39. The van der Waals surface area contributed by atoms with Crippen molar-refractivity contribution >= 4 is 34.4 Å². The first kappa shape index (κ1) is 18.3. The van der Waals surface area contributed by atoms with Crippen LogP contribution in [0.5, 0.6) is 5.75 Å². The summed E-state index contributed by atoms with van der Waals surface area (Å²) in [5.41, 5.74) is 5.76. The molecular formula is C18H17F2N5O3S. The molecule has 4 heterocycles. The number of alkyl halides is 2. The lowest BCUT2D eigenvalue weighted by molar-refractivity contribution is -0.189. The van der Waals surface area contributed by atoms with Gasteiger partial charge in [0.05, 0.1) is 0 Å². The number of amides is 1. The van der Waals surface area contributed by atoms with E-state index in [4.69, 9.17) is 10.2 Å². The average molecular weight is 421 g/mol. The molecule has 29 heavy (non-hydrogen) atoms. The maximum atomic E-state index is 13.8. The number of fused-ring (bicyclic) bond motifs is 3. The van der Waals surface area contributed by atoms with E-state index in [2.05, 4.69) is 20.0 Å². The van der Waals surface area contributed by atoms with Gasteiger partial charge < -0.3 is 25.1 Å². The van der Waals surface area contributed by atoms with Crippen molar-refractivity contribution in [2.75, 3.05) is 18.0 Å². The number of primary amides is 1. The molecule has 1 aromatic carbocycles. The third kappa shape index (κ3) is 3.19. The van der Waals surface area contributed by atoms with Gasteiger partial charge in [-0.25, -0.2) is 4.98 Å². The van der Waals surface area contributed by atoms with Crippen LogP contribution in [-0.2, 0) is 4.79 Å². The highest BCUT2D eigenvalue weighted by atomic mass is 32.1. The second-order valence-corrected chi connectivity index (χ2v) is 8.04. The van der Waals surface area contributed by atoms with Crippen molar-refractivity contribution in [3.05, 3.63) is 23.7 Å². The van der Waals surface area contributed by atoms with Crippen molar-refractivity contribution in [3.8, 4) is 16.3 Å². The first-order chi connectivity index (χ1) is 13.9. The van der Waals surface area contributed by atoms with Crippen LogP contribution in [-0.4, -0.2) is 47.2 Å². The Morgan fingerprint density at radius 3 is 2.76 bits per heavy atom. The van der Waals surface area contributed by atoms with Crippen LogP contribution in [0.2, 0.25) is 0 Å². The number of piperazine rings is 1. The van der Waals surface area contributed by atoms with Crippen LogP contribution in [0, 0.1) is 0 Å². The molecule has 0 radical (unpaired) electrons. The van der Waals surface area contributed by atoms with Crippen molar-refractivity contribution in [1.82, 2.24) is 15.3 Å². The number of ether oxygens (including phenoxy) is 1. The smallest absolute Gasteiger partial charge is 0.421 e. The number of hydrogen-bond donors (Lipinski definition) is 2. The lowest BCUT2D eigenvalue weighted by Gasteiger charge is -2.31. The van der Waals surface area contributed by atoms with Crippen LogP contribution in [0.4, 0.5) is 14.8 Å². The minimum atomic E-state index is -4.17. The number of nitrogens with two attached hydrogens (primary N) is 1. The number of thiazole rings is 1. The number of nitrogens with one attached hydrogen (secondary N) is 1. The van der Waals surface area contributed by atoms with Crippen molar-refractivity contribution in [2.24, 2.45) is 5.73 Å². The molecule has 2 aliphatic rings. The van der Waals surface area contributed by atoms with Crippen molar-refractivity contribution < 1.29 is 22.7 Å². The molecule has 152 valence electrons. The van der Waals surface area contributed by atoms with Crippen LogP contribution < -0.4 is 20.7 Å². The van der Waals surface area contributed by atoms with E-state index in [9.17, 15) is 13.6 Å². The number of nitrogens with zero attached hydrogens (tertiary/aromatic N) is 3. The monoisotopic (exact) mass is 421 g/mol. The quantitative estimate of drug-likeness (QED) is 0.651. The van der Waals surface area contributed by atoms with E-state index < -0.39 is 12.0 Å². The van der Waals surface area contributed by atoms with Crippen LogP contribution in [0.3, 0.4) is 0 Å². The number of carbonyl (C=O) groups is 1. The molecule has 0 aliphatic carbocycles. The van der Waals surface area contributed by atoms with E-state index >= 15 is 0 Å². The fraction of sp³-hybridized carbons (Fsp3) is 0.389. The molecule has 1 amide bonds. The van der Waals surface area contributed by atoms with Gasteiger partial charge in [0.1, 0.15) is 10.5 Å². The lowest BCUT2D eigenvalue weighted by Crippen LogP contribution is -2.51. The zero-order chi connectivity index (χ0) is 20.2. The van der Waals surface area contributed by atoms with Crippen molar-refractivity contribution in [1.29, 1.82) is 0 Å². The predicted octanol–water partition coefficient (Wildman–Crippen LogP) is 2.35. The molecule has 2 saturated heterocycles. The highest BCUT2D eigenvalue weighted by molar-refractivity contribution is 7.13. The van der Waals surface area contributed by atoms with Gasteiger partial charge in [-0.2, -0.15) is 13.8 Å². The maximum absolute atomic E-state index is 13.8. The third-order valence-corrected chi connectivity index (χ3v) is 5.98. The van der Waals surface area contributed by atoms with Gasteiger partial charge in [-0.05, 0) is 25.0 Å². The molecule has 3 N–H and O–H groups in total. The average Bonchev–Trinajstić information content (AvgIpc) is 3.42. The number of benzene rings is 1. The fourth-order valence-electron chi connectivity index (χ4n) is 3.86. The fourth-order valence-corrected chi connectivity index (χ4v) is 4.52. The van der Waals surface area contributed by atoms with E-state index in [1.54, 1.807) is 12.3 Å². The van der Waals surface area contributed by atoms with Gasteiger partial charge in [0.25, 0.3) is 6.01 Å². The molecule has 2 fully saturated rings. The molecular weight excluding hydrogens is 404 g/mol. The lowest BCUT2D eigenvalue weighted by atomic mass is 10.2. The normalized spacial score (nSPS) is 21.7. The molecule has 11 heteroatoms. The van der Waals surface area contributed by atoms with E-state index in [-0.39, 0.29) is 11.3 Å². The molecule has 3 aromatic rings. The third-order valence-electron chi connectivity index (χ3n) is 5.17. The molecule has 2 aromatic heterocycles. The summed E-state index contributed by atoms with van der Waals surface area (Å²) in [6.45, 7) is 1.42. The number of hydrogen-bond acceptors (Lipinski definition) is 8. The van der Waals surface area contributed by atoms with E-state index in [1.165, 1.54) is 17.4 Å². The first-order valence-electron chi connectivity index (χ1n) is 9.12. The van der Waals surface area contributed by atoms with Crippen molar-refractivity contribution in [2.45, 2.75) is 31.0 Å². The molecule has 2 bridgehead atoms. The topological polar surface area (TPSA) is 107 Å². The Labute approximate surface area is 167 Å². The van der Waals surface area contributed by atoms with E-state index in [0.29, 0.717) is 47.3 Å². The van der Waals surface area contributed by atoms with Gasteiger partial charge in [0.2, 0.25) is 0 Å². The summed E-state index contributed by atoms with van der Waals surface area (Å²) in [4.78, 5) is 21.9. The number of rotatable bonds is 5. The first-order valence-corrected chi connectivity index (χ1v) is 10.00. The molecule has 0 saturated carbocycles. The SMILES string of the molecule is NC(=O)C(F)(F)Oc1ccc(-c2nccs2)c2nc(N3CC4CCC(C3)N4)oc12. The molecule has 2 atom stereocenters. The zero-order valence-electron chi connectivity index (χ0n) is 15.1. The number of carbonyl (C=O) groups excluding carboxylic acids is 1. The standard InChI is InChI=1S/C18H17F2N5O3S/c19-18(20,16(21)26)28-12-4-3-11(15-22-5-6-29-15)13-14(12)27-17(24-13)25-7-9-1-2-10(8-25)23-9/h3-6,9-10,23H,1-2,7-8H2,(H2,21,26). The summed E-state index contributed by atoms with van der Waals surface area (Å²) in [5, 5.41) is 5.99. The minimum absolute atomic E-state index is 0.0273.